The predicted molar refractivity (Wildman–Crippen MR) is 77.2 cm³/mol. The quantitative estimate of drug-likeness (QED) is 0.915. The van der Waals surface area contributed by atoms with Gasteiger partial charge in [-0.3, -0.25) is 4.79 Å². The van der Waals surface area contributed by atoms with Crippen LogP contribution in [0.4, 0.5) is 11.4 Å². The first-order valence-electron chi connectivity index (χ1n) is 5.49. The lowest BCUT2D eigenvalue weighted by Crippen LogP contribution is -2.13. The average Bonchev–Trinajstić information content (AvgIpc) is 2.76. The van der Waals surface area contributed by atoms with Gasteiger partial charge in [-0.2, -0.15) is 0 Å². The highest BCUT2D eigenvalue weighted by Gasteiger charge is 2.08. The summed E-state index contributed by atoms with van der Waals surface area (Å²) in [7, 11) is 3.92. The second kappa shape index (κ2) is 5.27. The highest BCUT2D eigenvalue weighted by Crippen LogP contribution is 2.18. The number of nitrogens with one attached hydrogen (secondary N) is 2. The van der Waals surface area contributed by atoms with Crippen molar-refractivity contribution in [2.75, 3.05) is 24.3 Å². The van der Waals surface area contributed by atoms with Gasteiger partial charge in [-0.1, -0.05) is 6.07 Å². The minimum Gasteiger partial charge on any atom is -0.378 e. The monoisotopic (exact) mass is 307 g/mol. The molecule has 0 aliphatic carbocycles. The Kier molecular flexibility index (Phi) is 3.72. The largest absolute Gasteiger partial charge is 0.378 e. The minimum atomic E-state index is -0.156. The van der Waals surface area contributed by atoms with Crippen LogP contribution in [0.25, 0.3) is 0 Å². The molecule has 1 aromatic carbocycles. The number of benzene rings is 1. The van der Waals surface area contributed by atoms with E-state index < -0.39 is 0 Å². The number of carbonyl (C=O) groups is 1. The summed E-state index contributed by atoms with van der Waals surface area (Å²) in [6, 6.07) is 9.43. The van der Waals surface area contributed by atoms with Gasteiger partial charge in [0.15, 0.2) is 0 Å². The minimum absolute atomic E-state index is 0.156. The van der Waals surface area contributed by atoms with Crippen LogP contribution in [0, 0.1) is 0 Å². The molecule has 4 nitrogen and oxygen atoms in total. The Morgan fingerprint density at radius 1 is 1.33 bits per heavy atom. The number of rotatable bonds is 3. The zero-order chi connectivity index (χ0) is 13.1. The molecule has 2 N–H and O–H groups in total. The van der Waals surface area contributed by atoms with E-state index in [-0.39, 0.29) is 5.91 Å². The summed E-state index contributed by atoms with van der Waals surface area (Å²) < 4.78 is 0.856. The van der Waals surface area contributed by atoms with Crippen molar-refractivity contribution in [3.63, 3.8) is 0 Å². The van der Waals surface area contributed by atoms with Crippen LogP contribution in [-0.2, 0) is 0 Å². The van der Waals surface area contributed by atoms with Crippen LogP contribution in [0.5, 0.6) is 0 Å². The van der Waals surface area contributed by atoms with Gasteiger partial charge < -0.3 is 15.2 Å². The van der Waals surface area contributed by atoms with Crippen molar-refractivity contribution in [3.05, 3.63) is 46.7 Å². The van der Waals surface area contributed by atoms with E-state index in [4.69, 9.17) is 0 Å². The molecule has 0 atom stereocenters. The van der Waals surface area contributed by atoms with Gasteiger partial charge in [-0.25, -0.2) is 0 Å². The predicted octanol–water partition coefficient (Wildman–Crippen LogP) is 3.10. The third-order valence-electron chi connectivity index (χ3n) is 2.51. The van der Waals surface area contributed by atoms with Crippen molar-refractivity contribution in [1.82, 2.24) is 4.98 Å². The molecule has 0 bridgehead atoms. The van der Waals surface area contributed by atoms with Crippen LogP contribution in [0.2, 0.25) is 0 Å². The molecule has 1 heterocycles. The van der Waals surface area contributed by atoms with Crippen molar-refractivity contribution in [3.8, 4) is 0 Å². The Morgan fingerprint density at radius 2 is 2.11 bits per heavy atom. The zero-order valence-electron chi connectivity index (χ0n) is 10.2. The molecular weight excluding hydrogens is 294 g/mol. The molecule has 0 unspecified atom stereocenters. The molecule has 0 aliphatic rings. The number of amides is 1. The summed E-state index contributed by atoms with van der Waals surface area (Å²) in [5.74, 6) is -0.156. The number of H-pyrrole nitrogens is 1. The van der Waals surface area contributed by atoms with Crippen LogP contribution < -0.4 is 10.2 Å². The molecule has 0 saturated heterocycles. The Morgan fingerprint density at radius 3 is 2.72 bits per heavy atom. The molecule has 1 aromatic heterocycles. The molecule has 0 fully saturated rings. The number of hydrogen-bond donors (Lipinski definition) is 2. The summed E-state index contributed by atoms with van der Waals surface area (Å²) in [5.41, 5.74) is 2.34. The third kappa shape index (κ3) is 2.92. The SMILES string of the molecule is CN(C)c1cccc(NC(=O)c2cc(Br)c[nH]2)c1. The van der Waals surface area contributed by atoms with Crippen molar-refractivity contribution in [2.45, 2.75) is 0 Å². The molecule has 5 heteroatoms. The molecule has 94 valence electrons. The van der Waals surface area contributed by atoms with Gasteiger partial charge in [0.25, 0.3) is 5.91 Å². The van der Waals surface area contributed by atoms with Crippen LogP contribution in [0.15, 0.2) is 41.0 Å². The molecule has 2 rings (SSSR count). The number of carbonyl (C=O) groups excluding carboxylic acids is 1. The maximum absolute atomic E-state index is 11.9. The number of halogens is 1. The summed E-state index contributed by atoms with van der Waals surface area (Å²) in [4.78, 5) is 16.8. The van der Waals surface area contributed by atoms with Crippen molar-refractivity contribution < 1.29 is 4.79 Å². The van der Waals surface area contributed by atoms with Gasteiger partial charge >= 0.3 is 0 Å². The van der Waals surface area contributed by atoms with E-state index in [2.05, 4.69) is 26.2 Å². The Bertz CT molecular complexity index is 563. The lowest BCUT2D eigenvalue weighted by molar-refractivity contribution is 0.102. The summed E-state index contributed by atoms with van der Waals surface area (Å²) in [5, 5.41) is 2.85. The fourth-order valence-corrected chi connectivity index (χ4v) is 1.90. The van der Waals surface area contributed by atoms with Gasteiger partial charge in [0, 0.05) is 36.1 Å². The van der Waals surface area contributed by atoms with Gasteiger partial charge in [0.05, 0.1) is 0 Å². The van der Waals surface area contributed by atoms with E-state index in [1.54, 1.807) is 12.3 Å². The maximum Gasteiger partial charge on any atom is 0.272 e. The first kappa shape index (κ1) is 12.7. The van der Waals surface area contributed by atoms with Crippen LogP contribution >= 0.6 is 15.9 Å². The van der Waals surface area contributed by atoms with E-state index in [1.807, 2.05) is 43.3 Å². The smallest absolute Gasteiger partial charge is 0.272 e. The van der Waals surface area contributed by atoms with Gasteiger partial charge in [0.1, 0.15) is 5.69 Å². The second-order valence-electron chi connectivity index (χ2n) is 4.13. The Labute approximate surface area is 114 Å². The number of aromatic amines is 1. The van der Waals surface area contributed by atoms with Crippen molar-refractivity contribution in [2.24, 2.45) is 0 Å². The topological polar surface area (TPSA) is 48.1 Å². The Balaban J connectivity index is 2.14. The molecular formula is C13H14BrN3O. The summed E-state index contributed by atoms with van der Waals surface area (Å²) >= 11 is 3.30. The lowest BCUT2D eigenvalue weighted by Gasteiger charge is -2.13. The van der Waals surface area contributed by atoms with E-state index in [0.29, 0.717) is 5.69 Å². The number of hydrogen-bond acceptors (Lipinski definition) is 2. The first-order valence-corrected chi connectivity index (χ1v) is 6.28. The fraction of sp³-hybridized carbons (Fsp3) is 0.154. The zero-order valence-corrected chi connectivity index (χ0v) is 11.8. The highest BCUT2D eigenvalue weighted by atomic mass is 79.9. The molecule has 1 amide bonds. The van der Waals surface area contributed by atoms with E-state index >= 15 is 0 Å². The molecule has 0 aliphatic heterocycles. The van der Waals surface area contributed by atoms with E-state index in [1.165, 1.54) is 0 Å². The molecule has 18 heavy (non-hydrogen) atoms. The Hall–Kier alpha value is -1.75. The summed E-state index contributed by atoms with van der Waals surface area (Å²) in [6.07, 6.45) is 1.73. The summed E-state index contributed by atoms with van der Waals surface area (Å²) in [6.45, 7) is 0. The number of nitrogens with zero attached hydrogens (tertiary/aromatic N) is 1. The van der Waals surface area contributed by atoms with E-state index in [0.717, 1.165) is 15.8 Å². The van der Waals surface area contributed by atoms with Gasteiger partial charge in [0.2, 0.25) is 0 Å². The standard InChI is InChI=1S/C13H14BrN3O/c1-17(2)11-5-3-4-10(7-11)16-13(18)12-6-9(14)8-15-12/h3-8,15H,1-2H3,(H,16,18). The van der Waals surface area contributed by atoms with Crippen LogP contribution in [0.3, 0.4) is 0 Å². The van der Waals surface area contributed by atoms with E-state index in [9.17, 15) is 4.79 Å². The molecule has 0 radical (unpaired) electrons. The molecule has 2 aromatic rings. The third-order valence-corrected chi connectivity index (χ3v) is 2.97. The average molecular weight is 308 g/mol. The van der Waals surface area contributed by atoms with Crippen LogP contribution in [0.1, 0.15) is 10.5 Å². The van der Waals surface area contributed by atoms with Gasteiger partial charge in [-0.15, -0.1) is 0 Å². The molecule has 0 spiro atoms. The van der Waals surface area contributed by atoms with Crippen molar-refractivity contribution >= 4 is 33.2 Å². The van der Waals surface area contributed by atoms with Gasteiger partial charge in [-0.05, 0) is 40.2 Å². The number of anilines is 2. The lowest BCUT2D eigenvalue weighted by atomic mass is 10.2. The fourth-order valence-electron chi connectivity index (χ4n) is 1.56. The second-order valence-corrected chi connectivity index (χ2v) is 5.05. The van der Waals surface area contributed by atoms with Crippen LogP contribution in [-0.4, -0.2) is 25.0 Å². The normalized spacial score (nSPS) is 10.2. The highest BCUT2D eigenvalue weighted by molar-refractivity contribution is 9.10. The molecule has 0 saturated carbocycles. The first-order chi connectivity index (χ1) is 8.56. The number of aromatic nitrogens is 1. The maximum atomic E-state index is 11.9. The van der Waals surface area contributed by atoms with Crippen molar-refractivity contribution in [1.29, 1.82) is 0 Å².